The molecule has 0 aliphatic rings. The standard InChI is InChI=1S/C33H47BrO7.C23H36O6.C10H11BrO.C4H10O.2CH4/c1-7-25(21-40-23-39-16-15-37-5)17-24(2)31(41-22-26-11-13-30(38-6)14-12-26)19-29(35)20-32(36)33(3,4)27-9-8-10-28(34)18-27;1-6-20(15-28-17-27-12-11-25-4)13-18(2)23(14-19(3)24)29-16-21-7-9-22(26-5)10-8-21;1-10(2,7-12)8-4-3-5-9(11)6-8;1-3-5-4-2;;/h8-14,17-18,25,31-32,36H,7,15-16,19-23H2,1-6H3;7-10,13,20,23H,6,11-12,14-17H2,1-5H3;3-7H,1-2H3;3-4H2,1-2H3;2*1H4/b24-17-;18-13-;;;;/t25-,31+,32+;20-,23+;;;;/m11..../s1. The fourth-order valence-electron chi connectivity index (χ4n) is 8.25. The third-order valence-electron chi connectivity index (χ3n) is 14.1. The van der Waals surface area contributed by atoms with E-state index in [0.29, 0.717) is 59.3 Å². The molecular weight excluding hydrogens is 1260 g/mol. The lowest BCUT2D eigenvalue weighted by Gasteiger charge is -2.31. The summed E-state index contributed by atoms with van der Waals surface area (Å²) in [6, 6.07) is 31.1. The van der Waals surface area contributed by atoms with Crippen molar-refractivity contribution < 1.29 is 71.6 Å². The minimum absolute atomic E-state index is 0. The summed E-state index contributed by atoms with van der Waals surface area (Å²) in [4.78, 5) is 35.8. The van der Waals surface area contributed by atoms with Gasteiger partial charge >= 0.3 is 0 Å². The Hall–Kier alpha value is -4.47. The van der Waals surface area contributed by atoms with Crippen LogP contribution in [0.5, 0.6) is 11.5 Å². The van der Waals surface area contributed by atoms with Gasteiger partial charge in [0, 0.05) is 78.3 Å². The number of methoxy groups -OCH3 is 4. The first-order valence-electron chi connectivity index (χ1n) is 30.0. The molecule has 4 rings (SSSR count). The second-order valence-electron chi connectivity index (χ2n) is 22.0. The van der Waals surface area contributed by atoms with Crippen LogP contribution in [0.4, 0.5) is 0 Å². The van der Waals surface area contributed by atoms with Crippen molar-refractivity contribution in [1.82, 2.24) is 0 Å². The van der Waals surface area contributed by atoms with Crippen molar-refractivity contribution in [1.29, 1.82) is 0 Å². The van der Waals surface area contributed by atoms with Crippen LogP contribution in [0, 0.1) is 11.8 Å². The fraction of sp³-hybridized carbons (Fsp3) is 0.569. The zero-order valence-corrected chi connectivity index (χ0v) is 58.0. The molecule has 0 saturated carbocycles. The zero-order chi connectivity index (χ0) is 65.0. The Morgan fingerprint density at radius 3 is 1.33 bits per heavy atom. The highest BCUT2D eigenvalue weighted by Gasteiger charge is 2.32. The first-order chi connectivity index (χ1) is 41.6. The summed E-state index contributed by atoms with van der Waals surface area (Å²) in [6.07, 6.45) is 6.08. The molecular formula is C72H112Br2O15. The van der Waals surface area contributed by atoms with Crippen LogP contribution >= 0.6 is 31.9 Å². The quantitative estimate of drug-likeness (QED) is 0.0193. The third kappa shape index (κ3) is 38.2. The van der Waals surface area contributed by atoms with Gasteiger partial charge in [0.1, 0.15) is 42.9 Å². The van der Waals surface area contributed by atoms with Crippen LogP contribution in [0.25, 0.3) is 0 Å². The molecule has 17 heteroatoms. The minimum Gasteiger partial charge on any atom is -0.497 e. The molecule has 4 aromatic carbocycles. The van der Waals surface area contributed by atoms with E-state index in [1.165, 1.54) is 0 Å². The number of rotatable bonds is 40. The van der Waals surface area contributed by atoms with Crippen LogP contribution in [0.1, 0.15) is 145 Å². The van der Waals surface area contributed by atoms with Crippen LogP contribution in [-0.2, 0) is 81.1 Å². The van der Waals surface area contributed by atoms with Crippen molar-refractivity contribution in [2.24, 2.45) is 11.8 Å². The number of aliphatic hydroxyl groups is 1. The smallest absolute Gasteiger partial charge is 0.146 e. The van der Waals surface area contributed by atoms with Crippen molar-refractivity contribution in [2.75, 3.05) is 94.9 Å². The summed E-state index contributed by atoms with van der Waals surface area (Å²) in [6.45, 7) is 27.6. The van der Waals surface area contributed by atoms with Crippen LogP contribution in [0.2, 0.25) is 0 Å². The predicted octanol–water partition coefficient (Wildman–Crippen LogP) is 16.1. The molecule has 504 valence electrons. The van der Waals surface area contributed by atoms with E-state index in [1.54, 1.807) is 35.4 Å². The molecule has 5 atom stereocenters. The molecule has 0 saturated heterocycles. The SMILES string of the molecule is C.C.CC(C)(C=O)c1cccc(Br)c1.CCOCC.CC[C@H](/C=C(/C)[C@H](CC(=O)C[C@H](O)C(C)(C)c1cccc(Br)c1)OCc1ccc(OC)cc1)COCOCCOC.CC[C@H](/C=C(/C)[C@H](CC(C)=O)OCc1ccc(OC)cc1)COCOCCOC. The number of carbonyl (C=O) groups excluding carboxylic acids is 3. The second-order valence-corrected chi connectivity index (χ2v) is 23.8. The molecule has 0 fully saturated rings. The van der Waals surface area contributed by atoms with Crippen LogP contribution in [-0.4, -0.2) is 136 Å². The maximum atomic E-state index is 13.3. The van der Waals surface area contributed by atoms with Gasteiger partial charge in [-0.3, -0.25) is 9.59 Å². The number of hydrogen-bond acceptors (Lipinski definition) is 15. The van der Waals surface area contributed by atoms with Crippen LogP contribution < -0.4 is 9.47 Å². The monoisotopic (exact) mass is 1370 g/mol. The molecule has 15 nitrogen and oxygen atoms in total. The van der Waals surface area contributed by atoms with E-state index in [0.717, 1.165) is 86.2 Å². The first kappa shape index (κ1) is 86.6. The summed E-state index contributed by atoms with van der Waals surface area (Å²) in [5.41, 5.74) is 5.04. The zero-order valence-electron chi connectivity index (χ0n) is 54.8. The van der Waals surface area contributed by atoms with E-state index in [4.69, 9.17) is 52.1 Å². The fourth-order valence-corrected chi connectivity index (χ4v) is 9.05. The topological polar surface area (TPSA) is 173 Å². The van der Waals surface area contributed by atoms with E-state index in [9.17, 15) is 19.5 Å². The number of aliphatic hydroxyl groups excluding tert-OH is 1. The third-order valence-corrected chi connectivity index (χ3v) is 15.1. The Labute approximate surface area is 553 Å². The predicted molar refractivity (Wildman–Crippen MR) is 367 cm³/mol. The Morgan fingerprint density at radius 1 is 0.551 bits per heavy atom. The molecule has 89 heavy (non-hydrogen) atoms. The molecule has 0 heterocycles. The number of benzene rings is 4. The number of ether oxygens (including phenoxy) is 11. The molecule has 0 spiro atoms. The summed E-state index contributed by atoms with van der Waals surface area (Å²) in [7, 11) is 6.54. The van der Waals surface area contributed by atoms with E-state index >= 15 is 0 Å². The van der Waals surface area contributed by atoms with Crippen molar-refractivity contribution >= 4 is 49.7 Å². The van der Waals surface area contributed by atoms with Gasteiger partial charge in [0.25, 0.3) is 0 Å². The van der Waals surface area contributed by atoms with Crippen LogP contribution in [0.3, 0.4) is 0 Å². The highest BCUT2D eigenvalue weighted by molar-refractivity contribution is 9.10. The van der Waals surface area contributed by atoms with Crippen LogP contribution in [0.15, 0.2) is 129 Å². The molecule has 0 aliphatic heterocycles. The van der Waals surface area contributed by atoms with Crippen molar-refractivity contribution in [3.63, 3.8) is 0 Å². The summed E-state index contributed by atoms with van der Waals surface area (Å²) in [5, 5.41) is 11.1. The number of aldehydes is 1. The van der Waals surface area contributed by atoms with Gasteiger partial charge in [0.05, 0.1) is 85.4 Å². The summed E-state index contributed by atoms with van der Waals surface area (Å²) in [5.74, 6) is 2.01. The summed E-state index contributed by atoms with van der Waals surface area (Å²) < 4.78 is 61.6. The highest BCUT2D eigenvalue weighted by Crippen LogP contribution is 2.32. The normalized spacial score (nSPS) is 13.2. The Morgan fingerprint density at radius 2 is 0.966 bits per heavy atom. The Balaban J connectivity index is 0. The average molecular weight is 1380 g/mol. The van der Waals surface area contributed by atoms with E-state index in [1.807, 2.05) is 152 Å². The number of halogens is 2. The maximum absolute atomic E-state index is 13.3. The molecule has 0 radical (unpaired) electrons. The molecule has 4 aromatic rings. The average Bonchev–Trinajstić information content (AvgIpc) is 3.62. The van der Waals surface area contributed by atoms with Gasteiger partial charge in [-0.05, 0) is 143 Å². The number of carbonyl (C=O) groups is 3. The van der Waals surface area contributed by atoms with Gasteiger partial charge in [0.15, 0.2) is 0 Å². The Bertz CT molecular complexity index is 2510. The highest BCUT2D eigenvalue weighted by atomic mass is 79.9. The lowest BCUT2D eigenvalue weighted by molar-refractivity contribution is -0.124. The number of ketones is 2. The second kappa shape index (κ2) is 51.1. The van der Waals surface area contributed by atoms with Gasteiger partial charge in [-0.1, -0.05) is 135 Å². The molecule has 0 amide bonds. The van der Waals surface area contributed by atoms with Gasteiger partial charge in [0.2, 0.25) is 0 Å². The first-order valence-corrected chi connectivity index (χ1v) is 31.6. The Kier molecular flexibility index (Phi) is 49.7. The van der Waals surface area contributed by atoms with E-state index in [2.05, 4.69) is 57.9 Å². The van der Waals surface area contributed by atoms with Crippen molar-refractivity contribution in [3.8, 4) is 11.5 Å². The summed E-state index contributed by atoms with van der Waals surface area (Å²) >= 11 is 6.87. The lowest BCUT2D eigenvalue weighted by atomic mass is 9.77. The van der Waals surface area contributed by atoms with Gasteiger partial charge < -0.3 is 62.0 Å². The van der Waals surface area contributed by atoms with Gasteiger partial charge in [-0.2, -0.15) is 0 Å². The minimum atomic E-state index is -0.842. The van der Waals surface area contributed by atoms with E-state index in [-0.39, 0.29) is 76.2 Å². The van der Waals surface area contributed by atoms with Gasteiger partial charge in [-0.15, -0.1) is 0 Å². The number of Topliss-reactive ketones (excluding diaryl/α,β-unsaturated/α-hetero) is 2. The molecule has 0 aromatic heterocycles. The molecule has 0 aliphatic carbocycles. The van der Waals surface area contributed by atoms with E-state index < -0.39 is 17.6 Å². The lowest BCUT2D eigenvalue weighted by Crippen LogP contribution is -2.36. The van der Waals surface area contributed by atoms with Crippen molar-refractivity contribution in [2.45, 2.75) is 165 Å². The number of hydrogen-bond donors (Lipinski definition) is 1. The van der Waals surface area contributed by atoms with Crippen molar-refractivity contribution in [3.05, 3.63) is 152 Å². The largest absolute Gasteiger partial charge is 0.497 e. The molecule has 1 N–H and O–H groups in total. The van der Waals surface area contributed by atoms with Gasteiger partial charge in [-0.25, -0.2) is 0 Å². The maximum Gasteiger partial charge on any atom is 0.146 e. The molecule has 0 unspecified atom stereocenters. The molecule has 0 bridgehead atoms.